The minimum atomic E-state index is -3.24. The van der Waals surface area contributed by atoms with E-state index in [4.69, 9.17) is 5.73 Å². The monoisotopic (exact) mass is 311 g/mol. The number of nitrogens with two attached hydrogens (primary N) is 1. The number of piperidine rings is 1. The van der Waals surface area contributed by atoms with E-state index >= 15 is 0 Å². The smallest absolute Gasteiger partial charge is 0.227 e. The summed E-state index contributed by atoms with van der Waals surface area (Å²) in [6.07, 6.45) is 3.02. The largest absolute Gasteiger partial charge is 0.399 e. The van der Waals surface area contributed by atoms with E-state index in [1.165, 1.54) is 0 Å². The van der Waals surface area contributed by atoms with Gasteiger partial charge in [-0.2, -0.15) is 0 Å². The molecule has 1 aliphatic rings. The van der Waals surface area contributed by atoms with Gasteiger partial charge in [0.25, 0.3) is 0 Å². The number of anilines is 1. The molecule has 3 N–H and O–H groups in total. The number of rotatable bonds is 4. The van der Waals surface area contributed by atoms with Gasteiger partial charge in [0.1, 0.15) is 0 Å². The zero-order chi connectivity index (χ0) is 15.5. The van der Waals surface area contributed by atoms with Crippen LogP contribution in [0.5, 0.6) is 0 Å². The third-order valence-corrected chi connectivity index (χ3v) is 4.25. The maximum Gasteiger partial charge on any atom is 0.227 e. The van der Waals surface area contributed by atoms with E-state index in [-0.39, 0.29) is 11.9 Å². The number of likely N-dealkylation sites (tertiary alicyclic amines) is 1. The van der Waals surface area contributed by atoms with Crippen LogP contribution in [-0.2, 0) is 21.2 Å². The lowest BCUT2D eigenvalue weighted by Crippen LogP contribution is -2.49. The van der Waals surface area contributed by atoms with E-state index in [1.807, 2.05) is 12.1 Å². The van der Waals surface area contributed by atoms with E-state index < -0.39 is 10.0 Å². The third kappa shape index (κ3) is 5.02. The first-order chi connectivity index (χ1) is 9.83. The van der Waals surface area contributed by atoms with Gasteiger partial charge in [-0.1, -0.05) is 12.1 Å². The van der Waals surface area contributed by atoms with Crippen LogP contribution in [0.1, 0.15) is 18.4 Å². The van der Waals surface area contributed by atoms with Crippen LogP contribution >= 0.6 is 0 Å². The number of benzene rings is 1. The highest BCUT2D eigenvalue weighted by Gasteiger charge is 2.25. The standard InChI is InChI=1S/C14H21N3O3S/c1-21(19,20)16-13-3-2-8-17(10-13)14(18)9-11-4-6-12(15)7-5-11/h4-7,13,16H,2-3,8-10,15H2,1H3. The fourth-order valence-electron chi connectivity index (χ4n) is 2.52. The van der Waals surface area contributed by atoms with Crippen LogP contribution in [0.3, 0.4) is 0 Å². The SMILES string of the molecule is CS(=O)(=O)NC1CCCN(C(=O)Cc2ccc(N)cc2)C1. The molecular formula is C14H21N3O3S. The van der Waals surface area contributed by atoms with Gasteiger partial charge in [-0.25, -0.2) is 13.1 Å². The van der Waals surface area contributed by atoms with Crippen molar-refractivity contribution in [1.29, 1.82) is 0 Å². The molecule has 1 atom stereocenters. The van der Waals surface area contributed by atoms with Gasteiger partial charge >= 0.3 is 0 Å². The van der Waals surface area contributed by atoms with Crippen molar-refractivity contribution in [2.75, 3.05) is 25.1 Å². The van der Waals surface area contributed by atoms with Crippen molar-refractivity contribution >= 4 is 21.6 Å². The minimum absolute atomic E-state index is 0.0137. The molecular weight excluding hydrogens is 290 g/mol. The Morgan fingerprint density at radius 1 is 1.38 bits per heavy atom. The Balaban J connectivity index is 1.94. The maximum atomic E-state index is 12.3. The molecule has 1 aromatic rings. The zero-order valence-electron chi connectivity index (χ0n) is 12.1. The minimum Gasteiger partial charge on any atom is -0.399 e. The molecule has 1 amide bonds. The van der Waals surface area contributed by atoms with Crippen molar-refractivity contribution in [2.45, 2.75) is 25.3 Å². The van der Waals surface area contributed by atoms with Crippen LogP contribution in [0.2, 0.25) is 0 Å². The van der Waals surface area contributed by atoms with Crippen molar-refractivity contribution < 1.29 is 13.2 Å². The summed E-state index contributed by atoms with van der Waals surface area (Å²) in [4.78, 5) is 14.0. The van der Waals surface area contributed by atoms with Crippen molar-refractivity contribution in [3.05, 3.63) is 29.8 Å². The Bertz CT molecular complexity index is 598. The van der Waals surface area contributed by atoms with E-state index in [0.29, 0.717) is 25.2 Å². The van der Waals surface area contributed by atoms with Crippen LogP contribution in [0.25, 0.3) is 0 Å². The van der Waals surface area contributed by atoms with E-state index in [0.717, 1.165) is 24.7 Å². The summed E-state index contributed by atoms with van der Waals surface area (Å²) in [7, 11) is -3.24. The fraction of sp³-hybridized carbons (Fsp3) is 0.500. The predicted octanol–water partition coefficient (Wildman–Crippen LogP) is 0.352. The summed E-state index contributed by atoms with van der Waals surface area (Å²) >= 11 is 0. The van der Waals surface area contributed by atoms with Crippen molar-refractivity contribution in [2.24, 2.45) is 0 Å². The molecule has 0 spiro atoms. The lowest BCUT2D eigenvalue weighted by Gasteiger charge is -2.32. The fourth-order valence-corrected chi connectivity index (χ4v) is 3.32. The second kappa shape index (κ2) is 6.44. The summed E-state index contributed by atoms with van der Waals surface area (Å²) in [5.74, 6) is 0.0137. The second-order valence-corrected chi connectivity index (χ2v) is 7.27. The van der Waals surface area contributed by atoms with Gasteiger partial charge in [0.05, 0.1) is 12.7 Å². The molecule has 1 saturated heterocycles. The van der Waals surface area contributed by atoms with Crippen LogP contribution in [0, 0.1) is 0 Å². The number of nitrogens with one attached hydrogen (secondary N) is 1. The van der Waals surface area contributed by atoms with E-state index in [9.17, 15) is 13.2 Å². The Labute approximate surface area is 125 Å². The molecule has 0 radical (unpaired) electrons. The highest BCUT2D eigenvalue weighted by Crippen LogP contribution is 2.13. The molecule has 2 rings (SSSR count). The number of carbonyl (C=O) groups is 1. The molecule has 1 heterocycles. The summed E-state index contributed by atoms with van der Waals surface area (Å²) in [6, 6.07) is 7.02. The number of hydrogen-bond acceptors (Lipinski definition) is 4. The molecule has 21 heavy (non-hydrogen) atoms. The molecule has 116 valence electrons. The summed E-state index contributed by atoms with van der Waals surface area (Å²) in [5, 5.41) is 0. The average Bonchev–Trinajstić information content (AvgIpc) is 2.40. The number of nitrogen functional groups attached to an aromatic ring is 1. The van der Waals surface area contributed by atoms with Gasteiger partial charge in [0, 0.05) is 24.8 Å². The van der Waals surface area contributed by atoms with Gasteiger partial charge in [0.15, 0.2) is 0 Å². The summed E-state index contributed by atoms with van der Waals surface area (Å²) < 4.78 is 25.1. The van der Waals surface area contributed by atoms with Crippen LogP contribution in [0.15, 0.2) is 24.3 Å². The van der Waals surface area contributed by atoms with E-state index in [1.54, 1.807) is 17.0 Å². The third-order valence-electron chi connectivity index (χ3n) is 3.49. The molecule has 1 fully saturated rings. The lowest BCUT2D eigenvalue weighted by atomic mass is 10.0. The van der Waals surface area contributed by atoms with Crippen molar-refractivity contribution in [3.8, 4) is 0 Å². The normalized spacial score (nSPS) is 19.5. The number of hydrogen-bond donors (Lipinski definition) is 2. The Kier molecular flexibility index (Phi) is 4.84. The lowest BCUT2D eigenvalue weighted by molar-refractivity contribution is -0.131. The molecule has 0 aliphatic carbocycles. The molecule has 6 nitrogen and oxygen atoms in total. The zero-order valence-corrected chi connectivity index (χ0v) is 12.9. The first-order valence-electron chi connectivity index (χ1n) is 6.93. The summed E-state index contributed by atoms with van der Waals surface area (Å²) in [5.41, 5.74) is 7.19. The first-order valence-corrected chi connectivity index (χ1v) is 8.82. The van der Waals surface area contributed by atoms with Crippen LogP contribution in [-0.4, -0.2) is 44.6 Å². The number of sulfonamides is 1. The predicted molar refractivity (Wildman–Crippen MR) is 82.1 cm³/mol. The van der Waals surface area contributed by atoms with Gasteiger partial charge in [-0.15, -0.1) is 0 Å². The highest BCUT2D eigenvalue weighted by molar-refractivity contribution is 7.88. The second-order valence-electron chi connectivity index (χ2n) is 5.49. The summed E-state index contributed by atoms with van der Waals surface area (Å²) in [6.45, 7) is 1.11. The topological polar surface area (TPSA) is 92.5 Å². The molecule has 0 saturated carbocycles. The van der Waals surface area contributed by atoms with Crippen LogP contribution < -0.4 is 10.5 Å². The number of amides is 1. The Morgan fingerprint density at radius 2 is 2.05 bits per heavy atom. The average molecular weight is 311 g/mol. The molecule has 0 aromatic heterocycles. The highest BCUT2D eigenvalue weighted by atomic mass is 32.2. The van der Waals surface area contributed by atoms with Crippen molar-refractivity contribution in [3.63, 3.8) is 0 Å². The Hall–Kier alpha value is -1.60. The quantitative estimate of drug-likeness (QED) is 0.785. The van der Waals surface area contributed by atoms with Gasteiger partial charge in [-0.3, -0.25) is 4.79 Å². The molecule has 7 heteroatoms. The first kappa shape index (κ1) is 15.8. The Morgan fingerprint density at radius 3 is 2.67 bits per heavy atom. The van der Waals surface area contributed by atoms with Gasteiger partial charge < -0.3 is 10.6 Å². The van der Waals surface area contributed by atoms with Gasteiger partial charge in [-0.05, 0) is 30.5 Å². The maximum absolute atomic E-state index is 12.3. The number of carbonyl (C=O) groups excluding carboxylic acids is 1. The van der Waals surface area contributed by atoms with Crippen molar-refractivity contribution in [1.82, 2.24) is 9.62 Å². The molecule has 1 aliphatic heterocycles. The molecule has 1 unspecified atom stereocenters. The number of nitrogens with zero attached hydrogens (tertiary/aromatic N) is 1. The van der Waals surface area contributed by atoms with E-state index in [2.05, 4.69) is 4.72 Å². The van der Waals surface area contributed by atoms with Crippen LogP contribution in [0.4, 0.5) is 5.69 Å². The molecule has 1 aromatic carbocycles. The molecule has 0 bridgehead atoms. The van der Waals surface area contributed by atoms with Gasteiger partial charge in [0.2, 0.25) is 15.9 Å².